The van der Waals surface area contributed by atoms with Crippen LogP contribution >= 0.6 is 0 Å². The lowest BCUT2D eigenvalue weighted by molar-refractivity contribution is -0.480. The molecule has 0 aromatic carbocycles. The summed E-state index contributed by atoms with van der Waals surface area (Å²) in [5.74, 6) is 0. The summed E-state index contributed by atoms with van der Waals surface area (Å²) in [6.45, 7) is -0.0122. The molecule has 0 aliphatic carbocycles. The lowest BCUT2D eigenvalue weighted by Crippen LogP contribution is -1.99. The molecule has 4 nitrogen and oxygen atoms in total. The number of nitriles is 1. The topological polar surface area (TPSA) is 66.9 Å². The molecule has 0 rings (SSSR count). The zero-order chi connectivity index (χ0) is 7.11. The minimum atomic E-state index is -0.364. The summed E-state index contributed by atoms with van der Waals surface area (Å²) in [6, 6.07) is 1.92. The largest absolute Gasteiger partial charge is 0.265 e. The van der Waals surface area contributed by atoms with Crippen LogP contribution in [0.1, 0.15) is 19.3 Å². The molecular weight excluding hydrogens is 120 g/mol. The number of hydrogen-bond acceptors (Lipinski definition) is 3. The van der Waals surface area contributed by atoms with Crippen molar-refractivity contribution in [1.82, 2.24) is 0 Å². The monoisotopic (exact) mass is 128 g/mol. The van der Waals surface area contributed by atoms with Gasteiger partial charge in [0.2, 0.25) is 6.54 Å². The third-order valence-corrected chi connectivity index (χ3v) is 0.879. The van der Waals surface area contributed by atoms with Gasteiger partial charge in [0, 0.05) is 17.8 Å². The van der Waals surface area contributed by atoms with Gasteiger partial charge < -0.3 is 0 Å². The van der Waals surface area contributed by atoms with Gasteiger partial charge in [-0.3, -0.25) is 10.1 Å². The van der Waals surface area contributed by atoms with E-state index in [0.717, 1.165) is 0 Å². The molecule has 9 heavy (non-hydrogen) atoms. The summed E-state index contributed by atoms with van der Waals surface area (Å²) in [6.07, 6.45) is 1.58. The molecule has 0 saturated heterocycles. The predicted molar refractivity (Wildman–Crippen MR) is 31.3 cm³/mol. The molecular formula is C5H8N2O2. The van der Waals surface area contributed by atoms with Crippen molar-refractivity contribution < 1.29 is 4.92 Å². The molecule has 0 N–H and O–H groups in total. The van der Waals surface area contributed by atoms with Crippen LogP contribution in [0.2, 0.25) is 0 Å². The van der Waals surface area contributed by atoms with Crippen LogP contribution in [0.5, 0.6) is 0 Å². The van der Waals surface area contributed by atoms with Gasteiger partial charge in [0.25, 0.3) is 0 Å². The van der Waals surface area contributed by atoms with Crippen LogP contribution in [0, 0.1) is 21.4 Å². The highest BCUT2D eigenvalue weighted by molar-refractivity contribution is 4.67. The molecule has 0 bridgehead atoms. The minimum Gasteiger partial charge on any atom is -0.265 e. The van der Waals surface area contributed by atoms with Crippen LogP contribution in [0.3, 0.4) is 0 Å². The Morgan fingerprint density at radius 1 is 1.56 bits per heavy atom. The van der Waals surface area contributed by atoms with Crippen LogP contribution in [0.15, 0.2) is 0 Å². The highest BCUT2D eigenvalue weighted by Crippen LogP contribution is 1.92. The maximum Gasteiger partial charge on any atom is 0.203 e. The number of rotatable bonds is 4. The molecule has 0 amide bonds. The van der Waals surface area contributed by atoms with Crippen molar-refractivity contribution in [2.75, 3.05) is 6.54 Å². The fourth-order valence-corrected chi connectivity index (χ4v) is 0.445. The van der Waals surface area contributed by atoms with E-state index in [9.17, 15) is 10.1 Å². The van der Waals surface area contributed by atoms with E-state index in [4.69, 9.17) is 5.26 Å². The Balaban J connectivity index is 2.94. The van der Waals surface area contributed by atoms with Crippen molar-refractivity contribution in [2.24, 2.45) is 0 Å². The van der Waals surface area contributed by atoms with Gasteiger partial charge in [-0.15, -0.1) is 0 Å². The molecule has 0 fully saturated rings. The van der Waals surface area contributed by atoms with Gasteiger partial charge in [0.15, 0.2) is 0 Å². The van der Waals surface area contributed by atoms with Gasteiger partial charge in [-0.1, -0.05) is 0 Å². The van der Waals surface area contributed by atoms with E-state index in [-0.39, 0.29) is 11.5 Å². The van der Waals surface area contributed by atoms with Gasteiger partial charge in [0.1, 0.15) is 0 Å². The molecule has 0 radical (unpaired) electrons. The van der Waals surface area contributed by atoms with Gasteiger partial charge in [-0.05, 0) is 6.42 Å². The van der Waals surface area contributed by atoms with E-state index in [2.05, 4.69) is 0 Å². The van der Waals surface area contributed by atoms with E-state index >= 15 is 0 Å². The molecule has 0 unspecified atom stereocenters. The normalized spacial score (nSPS) is 8.33. The molecule has 0 heterocycles. The summed E-state index contributed by atoms with van der Waals surface area (Å²) in [5.41, 5.74) is 0. The van der Waals surface area contributed by atoms with Gasteiger partial charge >= 0.3 is 0 Å². The molecule has 50 valence electrons. The van der Waals surface area contributed by atoms with E-state index in [1.54, 1.807) is 0 Å². The second-order valence-electron chi connectivity index (χ2n) is 1.67. The first-order valence-electron chi connectivity index (χ1n) is 2.76. The summed E-state index contributed by atoms with van der Waals surface area (Å²) in [7, 11) is 0. The number of unbranched alkanes of at least 4 members (excludes halogenated alkanes) is 2. The quantitative estimate of drug-likeness (QED) is 0.321. The number of nitrogens with zero attached hydrogens (tertiary/aromatic N) is 2. The average molecular weight is 128 g/mol. The maximum atomic E-state index is 9.69. The fraction of sp³-hybridized carbons (Fsp3) is 0.800. The lowest BCUT2D eigenvalue weighted by atomic mass is 10.2. The van der Waals surface area contributed by atoms with Crippen LogP contribution in [-0.4, -0.2) is 11.5 Å². The Bertz CT molecular complexity index is 127. The van der Waals surface area contributed by atoms with Crippen molar-refractivity contribution in [1.29, 1.82) is 5.26 Å². The van der Waals surface area contributed by atoms with Gasteiger partial charge in [-0.2, -0.15) is 5.26 Å². The summed E-state index contributed by atoms with van der Waals surface area (Å²) < 4.78 is 0. The Hall–Kier alpha value is -1.11. The maximum absolute atomic E-state index is 9.69. The molecule has 0 atom stereocenters. The second-order valence-corrected chi connectivity index (χ2v) is 1.67. The first-order chi connectivity index (χ1) is 4.27. The van der Waals surface area contributed by atoms with E-state index in [1.807, 2.05) is 6.07 Å². The average Bonchev–Trinajstić information content (AvgIpc) is 1.80. The van der Waals surface area contributed by atoms with Crippen molar-refractivity contribution in [3.05, 3.63) is 10.1 Å². The minimum absolute atomic E-state index is 0.0122. The van der Waals surface area contributed by atoms with Gasteiger partial charge in [0.05, 0.1) is 6.07 Å². The SMILES string of the molecule is N#CCCCC[N+](=O)[O-]. The van der Waals surface area contributed by atoms with Crippen molar-refractivity contribution in [2.45, 2.75) is 19.3 Å². The number of hydrogen-bond donors (Lipinski definition) is 0. The Labute approximate surface area is 53.2 Å². The van der Waals surface area contributed by atoms with Crippen molar-refractivity contribution in [3.63, 3.8) is 0 Å². The summed E-state index contributed by atoms with van der Waals surface area (Å²) >= 11 is 0. The Morgan fingerprint density at radius 2 is 2.22 bits per heavy atom. The Kier molecular flexibility index (Phi) is 4.41. The van der Waals surface area contributed by atoms with Crippen molar-refractivity contribution in [3.8, 4) is 6.07 Å². The molecule has 0 aromatic heterocycles. The van der Waals surface area contributed by atoms with Crippen molar-refractivity contribution >= 4 is 0 Å². The highest BCUT2D eigenvalue weighted by Gasteiger charge is 1.94. The third-order valence-electron chi connectivity index (χ3n) is 0.879. The fourth-order valence-electron chi connectivity index (χ4n) is 0.445. The molecule has 0 spiro atoms. The molecule has 0 saturated carbocycles. The van der Waals surface area contributed by atoms with E-state index < -0.39 is 0 Å². The van der Waals surface area contributed by atoms with Crippen LogP contribution in [0.25, 0.3) is 0 Å². The van der Waals surface area contributed by atoms with Crippen LogP contribution in [-0.2, 0) is 0 Å². The zero-order valence-corrected chi connectivity index (χ0v) is 5.04. The molecule has 0 aromatic rings. The third kappa shape index (κ3) is 6.89. The Morgan fingerprint density at radius 3 is 2.67 bits per heavy atom. The zero-order valence-electron chi connectivity index (χ0n) is 5.04. The summed E-state index contributed by atoms with van der Waals surface area (Å²) in [4.78, 5) is 9.32. The van der Waals surface area contributed by atoms with E-state index in [0.29, 0.717) is 19.3 Å². The predicted octanol–water partition coefficient (Wildman–Crippen LogP) is 0.957. The highest BCUT2D eigenvalue weighted by atomic mass is 16.6. The standard InChI is InChI=1S/C5H8N2O2/c6-4-2-1-3-5-7(8)9/h1-3,5H2. The van der Waals surface area contributed by atoms with Gasteiger partial charge in [-0.25, -0.2) is 0 Å². The first kappa shape index (κ1) is 7.89. The first-order valence-corrected chi connectivity index (χ1v) is 2.76. The van der Waals surface area contributed by atoms with Crippen LogP contribution in [0.4, 0.5) is 0 Å². The molecule has 0 aliphatic heterocycles. The summed E-state index contributed by atoms with van der Waals surface area (Å²) in [5, 5.41) is 17.7. The second kappa shape index (κ2) is 5.04. The molecule has 4 heteroatoms. The molecule has 0 aliphatic rings. The van der Waals surface area contributed by atoms with E-state index in [1.165, 1.54) is 0 Å². The number of nitro groups is 1. The lowest BCUT2D eigenvalue weighted by Gasteiger charge is -1.87. The smallest absolute Gasteiger partial charge is 0.203 e. The van der Waals surface area contributed by atoms with Crippen LogP contribution < -0.4 is 0 Å².